The number of nitrogens with zero attached hydrogens (tertiary/aromatic N) is 3. The normalized spacial score (nSPS) is 16.6. The average Bonchev–Trinajstić information content (AvgIpc) is 3.02. The van der Waals surface area contributed by atoms with Gasteiger partial charge in [-0.05, 0) is 25.0 Å². The summed E-state index contributed by atoms with van der Waals surface area (Å²) in [6, 6.07) is 5.64. The zero-order valence-corrected chi connectivity index (χ0v) is 13.2. The lowest BCUT2D eigenvalue weighted by Crippen LogP contribution is -2.24. The molecule has 1 aliphatic carbocycles. The van der Waals surface area contributed by atoms with Crippen LogP contribution in [0.4, 0.5) is 5.13 Å². The van der Waals surface area contributed by atoms with Crippen molar-refractivity contribution in [2.75, 3.05) is 23.9 Å². The van der Waals surface area contributed by atoms with E-state index in [0.717, 1.165) is 23.5 Å². The topological polar surface area (TPSA) is 84.8 Å². The minimum atomic E-state index is -2.94. The average molecular weight is 324 g/mol. The van der Waals surface area contributed by atoms with Crippen molar-refractivity contribution in [3.8, 4) is 10.7 Å². The highest BCUT2D eigenvalue weighted by atomic mass is 32.2. The number of rotatable bonds is 6. The Morgan fingerprint density at radius 3 is 2.76 bits per heavy atom. The first-order chi connectivity index (χ1) is 9.96. The molecule has 0 aliphatic heterocycles. The third kappa shape index (κ3) is 3.76. The molecule has 21 heavy (non-hydrogen) atoms. The van der Waals surface area contributed by atoms with Crippen molar-refractivity contribution < 1.29 is 8.42 Å². The Balaban J connectivity index is 1.64. The number of sulfone groups is 1. The molecule has 0 atom stereocenters. The van der Waals surface area contributed by atoms with E-state index in [4.69, 9.17) is 0 Å². The summed E-state index contributed by atoms with van der Waals surface area (Å²) in [6.07, 6.45) is 4.89. The zero-order valence-electron chi connectivity index (χ0n) is 11.6. The molecule has 6 nitrogen and oxygen atoms in total. The van der Waals surface area contributed by atoms with Crippen molar-refractivity contribution in [1.82, 2.24) is 15.2 Å². The molecular weight excluding hydrogens is 308 g/mol. The molecule has 0 unspecified atom stereocenters. The molecule has 1 fully saturated rings. The van der Waals surface area contributed by atoms with Crippen LogP contribution in [0.15, 0.2) is 24.4 Å². The van der Waals surface area contributed by atoms with Crippen LogP contribution in [0.5, 0.6) is 0 Å². The van der Waals surface area contributed by atoms with E-state index in [0.29, 0.717) is 11.7 Å². The molecule has 1 aliphatic rings. The Hall–Kier alpha value is -1.54. The monoisotopic (exact) mass is 324 g/mol. The van der Waals surface area contributed by atoms with Gasteiger partial charge in [-0.2, -0.15) is 0 Å². The first-order valence-electron chi connectivity index (χ1n) is 6.62. The summed E-state index contributed by atoms with van der Waals surface area (Å²) < 4.78 is 22.9. The molecule has 112 valence electrons. The largest absolute Gasteiger partial charge is 0.359 e. The fourth-order valence-electron chi connectivity index (χ4n) is 2.26. The molecule has 3 rings (SSSR count). The summed E-state index contributed by atoms with van der Waals surface area (Å²) in [5.74, 6) is 0.235. The van der Waals surface area contributed by atoms with Crippen molar-refractivity contribution in [1.29, 1.82) is 0 Å². The van der Waals surface area contributed by atoms with Crippen LogP contribution < -0.4 is 5.32 Å². The van der Waals surface area contributed by atoms with Gasteiger partial charge >= 0.3 is 0 Å². The van der Waals surface area contributed by atoms with Crippen LogP contribution in [0.3, 0.4) is 0 Å². The van der Waals surface area contributed by atoms with Gasteiger partial charge in [0.1, 0.15) is 15.5 Å². The first-order valence-corrected chi connectivity index (χ1v) is 9.50. The lowest BCUT2D eigenvalue weighted by Gasteiger charge is -2.13. The van der Waals surface area contributed by atoms with Gasteiger partial charge in [-0.3, -0.25) is 4.98 Å². The van der Waals surface area contributed by atoms with Gasteiger partial charge in [0.2, 0.25) is 5.13 Å². The second-order valence-corrected chi connectivity index (χ2v) is 8.67. The summed E-state index contributed by atoms with van der Waals surface area (Å²) in [7, 11) is -2.94. The van der Waals surface area contributed by atoms with E-state index in [-0.39, 0.29) is 11.2 Å². The number of aromatic nitrogens is 3. The minimum Gasteiger partial charge on any atom is -0.359 e. The smallest absolute Gasteiger partial charge is 0.206 e. The van der Waals surface area contributed by atoms with Gasteiger partial charge in [-0.15, -0.1) is 10.2 Å². The molecule has 0 bridgehead atoms. The van der Waals surface area contributed by atoms with Gasteiger partial charge in [0, 0.05) is 24.4 Å². The third-order valence-electron chi connectivity index (χ3n) is 3.45. The van der Waals surface area contributed by atoms with Crippen LogP contribution in [0, 0.1) is 5.41 Å². The van der Waals surface area contributed by atoms with Gasteiger partial charge < -0.3 is 5.32 Å². The molecular formula is C13H16N4O2S2. The molecule has 0 saturated heterocycles. The number of anilines is 1. The number of hydrogen-bond acceptors (Lipinski definition) is 7. The molecule has 2 heterocycles. The molecule has 1 saturated carbocycles. The summed E-state index contributed by atoms with van der Waals surface area (Å²) in [5.41, 5.74) is 0.671. The summed E-state index contributed by atoms with van der Waals surface area (Å²) >= 11 is 1.43. The number of nitrogens with one attached hydrogen (secondary N) is 1. The summed E-state index contributed by atoms with van der Waals surface area (Å²) in [6.45, 7) is 0.622. The Labute approximate surface area is 127 Å². The van der Waals surface area contributed by atoms with E-state index >= 15 is 0 Å². The van der Waals surface area contributed by atoms with Crippen LogP contribution in [0.1, 0.15) is 12.8 Å². The standard InChI is InChI=1S/C13H16N4O2S2/c1-21(18,19)9-13(5-6-13)8-15-12-17-16-11(20-12)10-4-2-3-7-14-10/h2-4,7H,5-6,8-9H2,1H3,(H,15,17). The van der Waals surface area contributed by atoms with Crippen LogP contribution in [-0.2, 0) is 9.84 Å². The van der Waals surface area contributed by atoms with Crippen LogP contribution in [0.2, 0.25) is 0 Å². The van der Waals surface area contributed by atoms with Gasteiger partial charge in [0.25, 0.3) is 0 Å². The minimum absolute atomic E-state index is 0.121. The molecule has 0 aromatic carbocycles. The van der Waals surface area contributed by atoms with E-state index < -0.39 is 9.84 Å². The lowest BCUT2D eigenvalue weighted by atomic mass is 10.1. The SMILES string of the molecule is CS(=O)(=O)CC1(CNc2nnc(-c3ccccn3)s2)CC1. The highest BCUT2D eigenvalue weighted by molar-refractivity contribution is 7.90. The first kappa shape index (κ1) is 14.4. The number of hydrogen-bond donors (Lipinski definition) is 1. The summed E-state index contributed by atoms with van der Waals surface area (Å²) in [4.78, 5) is 4.23. The quantitative estimate of drug-likeness (QED) is 0.872. The maximum atomic E-state index is 11.4. The van der Waals surface area contributed by atoms with E-state index in [1.165, 1.54) is 17.6 Å². The highest BCUT2D eigenvalue weighted by Crippen LogP contribution is 2.46. The zero-order chi connectivity index (χ0) is 14.9. The maximum absolute atomic E-state index is 11.4. The molecule has 2 aromatic heterocycles. The Kier molecular flexibility index (Phi) is 3.66. The van der Waals surface area contributed by atoms with E-state index in [1.807, 2.05) is 18.2 Å². The molecule has 8 heteroatoms. The van der Waals surface area contributed by atoms with Crippen molar-refractivity contribution in [3.63, 3.8) is 0 Å². The molecule has 0 amide bonds. The van der Waals surface area contributed by atoms with Crippen LogP contribution in [0.25, 0.3) is 10.7 Å². The third-order valence-corrected chi connectivity index (χ3v) is 5.49. The lowest BCUT2D eigenvalue weighted by molar-refractivity contribution is 0.560. The van der Waals surface area contributed by atoms with E-state index in [2.05, 4.69) is 20.5 Å². The predicted molar refractivity (Wildman–Crippen MR) is 83.0 cm³/mol. The van der Waals surface area contributed by atoms with Crippen molar-refractivity contribution in [3.05, 3.63) is 24.4 Å². The van der Waals surface area contributed by atoms with Crippen LogP contribution >= 0.6 is 11.3 Å². The molecule has 0 radical (unpaired) electrons. The molecule has 2 aromatic rings. The maximum Gasteiger partial charge on any atom is 0.206 e. The van der Waals surface area contributed by atoms with Gasteiger partial charge in [0.15, 0.2) is 5.01 Å². The van der Waals surface area contributed by atoms with Crippen molar-refractivity contribution in [2.45, 2.75) is 12.8 Å². The van der Waals surface area contributed by atoms with Gasteiger partial charge in [-0.25, -0.2) is 8.42 Å². The predicted octanol–water partition coefficient (Wildman–Crippen LogP) is 1.84. The number of pyridine rings is 1. The van der Waals surface area contributed by atoms with E-state index in [1.54, 1.807) is 6.20 Å². The second kappa shape index (κ2) is 5.34. The highest BCUT2D eigenvalue weighted by Gasteiger charge is 2.45. The fourth-order valence-corrected chi connectivity index (χ4v) is 4.47. The fraction of sp³-hybridized carbons (Fsp3) is 0.462. The van der Waals surface area contributed by atoms with Gasteiger partial charge in [-0.1, -0.05) is 17.4 Å². The van der Waals surface area contributed by atoms with Crippen LogP contribution in [-0.4, -0.2) is 42.2 Å². The van der Waals surface area contributed by atoms with E-state index in [9.17, 15) is 8.42 Å². The van der Waals surface area contributed by atoms with Crippen molar-refractivity contribution in [2.24, 2.45) is 5.41 Å². The molecule has 0 spiro atoms. The Bertz CT molecular complexity index is 724. The second-order valence-electron chi connectivity index (χ2n) is 5.55. The Morgan fingerprint density at radius 2 is 2.14 bits per heavy atom. The van der Waals surface area contributed by atoms with Crippen molar-refractivity contribution >= 4 is 26.3 Å². The Morgan fingerprint density at radius 1 is 1.33 bits per heavy atom. The van der Waals surface area contributed by atoms with Gasteiger partial charge in [0.05, 0.1) is 5.75 Å². The molecule has 1 N–H and O–H groups in total. The summed E-state index contributed by atoms with van der Waals surface area (Å²) in [5, 5.41) is 12.9.